The molecule has 1 atom stereocenters. The quantitative estimate of drug-likeness (QED) is 0.461. The summed E-state index contributed by atoms with van der Waals surface area (Å²) >= 11 is 2.08. The molecule has 1 aliphatic heterocycles. The van der Waals surface area contributed by atoms with Gasteiger partial charge in [0.15, 0.2) is 0 Å². The molecule has 0 aromatic carbocycles. The minimum absolute atomic E-state index is 0.761. The molecule has 1 nitrogen and oxygen atoms in total. The van der Waals surface area contributed by atoms with Crippen molar-refractivity contribution >= 4 is 18.0 Å². The molecule has 0 N–H and O–H groups in total. The molecule has 10 heavy (non-hydrogen) atoms. The van der Waals surface area contributed by atoms with Crippen LogP contribution in [0.1, 0.15) is 32.1 Å². The van der Waals surface area contributed by atoms with Gasteiger partial charge in [-0.25, -0.2) is 0 Å². The highest BCUT2D eigenvalue weighted by Crippen LogP contribution is 2.29. The molecule has 0 bridgehead atoms. The van der Waals surface area contributed by atoms with Gasteiger partial charge in [0.25, 0.3) is 0 Å². The van der Waals surface area contributed by atoms with E-state index in [1.165, 1.54) is 25.0 Å². The lowest BCUT2D eigenvalue weighted by Crippen LogP contribution is -1.95. The lowest BCUT2D eigenvalue weighted by molar-refractivity contribution is -0.107. The Balaban J connectivity index is 1.96. The number of hydrogen-bond donors (Lipinski definition) is 0. The maximum atomic E-state index is 9.97. The van der Waals surface area contributed by atoms with E-state index in [4.69, 9.17) is 0 Å². The average molecular weight is 158 g/mol. The zero-order valence-corrected chi connectivity index (χ0v) is 7.03. The molecule has 0 spiro atoms. The smallest absolute Gasteiger partial charge is 0.119 e. The highest BCUT2D eigenvalue weighted by Gasteiger charge is 2.13. The summed E-state index contributed by atoms with van der Waals surface area (Å²) in [6.45, 7) is 0. The van der Waals surface area contributed by atoms with E-state index in [1.54, 1.807) is 0 Å². The number of unbranched alkanes of at least 4 members (excludes halogenated alkanes) is 1. The van der Waals surface area contributed by atoms with Crippen molar-refractivity contribution < 1.29 is 4.79 Å². The first-order valence-corrected chi connectivity index (χ1v) is 5.03. The Morgan fingerprint density at radius 1 is 1.60 bits per heavy atom. The number of carbonyl (C=O) groups excluding carboxylic acids is 1. The molecule has 0 aromatic rings. The van der Waals surface area contributed by atoms with Crippen molar-refractivity contribution in [1.82, 2.24) is 0 Å². The van der Waals surface area contributed by atoms with Gasteiger partial charge in [-0.1, -0.05) is 0 Å². The summed E-state index contributed by atoms with van der Waals surface area (Å²) in [5, 5.41) is 0.875. The highest BCUT2D eigenvalue weighted by atomic mass is 32.2. The van der Waals surface area contributed by atoms with Gasteiger partial charge in [0.05, 0.1) is 0 Å². The second kappa shape index (κ2) is 4.78. The van der Waals surface area contributed by atoms with Crippen LogP contribution in [-0.4, -0.2) is 17.3 Å². The van der Waals surface area contributed by atoms with Crippen molar-refractivity contribution in [3.63, 3.8) is 0 Å². The largest absolute Gasteiger partial charge is 0.303 e. The van der Waals surface area contributed by atoms with Crippen molar-refractivity contribution in [3.05, 3.63) is 0 Å². The first-order chi connectivity index (χ1) is 4.93. The molecule has 0 aromatic heterocycles. The van der Waals surface area contributed by atoms with Crippen LogP contribution in [0.5, 0.6) is 0 Å². The molecular formula is C8H14OS. The van der Waals surface area contributed by atoms with Crippen LogP contribution in [0.4, 0.5) is 0 Å². The molecule has 1 rings (SSSR count). The molecule has 58 valence electrons. The van der Waals surface area contributed by atoms with Crippen LogP contribution in [0, 0.1) is 0 Å². The molecule has 1 fully saturated rings. The summed E-state index contributed by atoms with van der Waals surface area (Å²) in [5.74, 6) is 1.34. The number of rotatable bonds is 4. The van der Waals surface area contributed by atoms with E-state index in [-0.39, 0.29) is 0 Å². The van der Waals surface area contributed by atoms with Gasteiger partial charge < -0.3 is 4.79 Å². The second-order valence-electron chi connectivity index (χ2n) is 2.73. The van der Waals surface area contributed by atoms with E-state index in [9.17, 15) is 4.79 Å². The van der Waals surface area contributed by atoms with Crippen molar-refractivity contribution in [1.29, 1.82) is 0 Å². The van der Waals surface area contributed by atoms with Gasteiger partial charge in [0, 0.05) is 11.7 Å². The molecule has 1 unspecified atom stereocenters. The number of thioether (sulfide) groups is 1. The second-order valence-corrected chi connectivity index (χ2v) is 4.14. The summed E-state index contributed by atoms with van der Waals surface area (Å²) in [7, 11) is 0. The lowest BCUT2D eigenvalue weighted by Gasteiger charge is -2.04. The average Bonchev–Trinajstić information content (AvgIpc) is 2.41. The molecule has 0 saturated carbocycles. The predicted octanol–water partition coefficient (Wildman–Crippen LogP) is 2.25. The van der Waals surface area contributed by atoms with Crippen molar-refractivity contribution in [2.75, 3.05) is 5.75 Å². The van der Waals surface area contributed by atoms with Gasteiger partial charge >= 0.3 is 0 Å². The summed E-state index contributed by atoms with van der Waals surface area (Å²) in [5.41, 5.74) is 0. The minimum Gasteiger partial charge on any atom is -0.303 e. The van der Waals surface area contributed by atoms with Crippen LogP contribution < -0.4 is 0 Å². The van der Waals surface area contributed by atoms with Crippen molar-refractivity contribution in [3.8, 4) is 0 Å². The van der Waals surface area contributed by atoms with Crippen LogP contribution in [0.3, 0.4) is 0 Å². The molecule has 1 saturated heterocycles. The maximum absolute atomic E-state index is 9.97. The van der Waals surface area contributed by atoms with Crippen LogP contribution in [0.25, 0.3) is 0 Å². The topological polar surface area (TPSA) is 17.1 Å². The predicted molar refractivity (Wildman–Crippen MR) is 45.4 cm³/mol. The monoisotopic (exact) mass is 158 g/mol. The Bertz CT molecular complexity index is 97.4. The van der Waals surface area contributed by atoms with Crippen molar-refractivity contribution in [2.24, 2.45) is 0 Å². The fraction of sp³-hybridized carbons (Fsp3) is 0.875. The first-order valence-electron chi connectivity index (χ1n) is 3.98. The van der Waals surface area contributed by atoms with E-state index < -0.39 is 0 Å². The molecule has 0 amide bonds. The van der Waals surface area contributed by atoms with E-state index in [0.29, 0.717) is 0 Å². The third-order valence-electron chi connectivity index (χ3n) is 1.87. The summed E-state index contributed by atoms with van der Waals surface area (Å²) < 4.78 is 0. The SMILES string of the molecule is O=CCCCC1CCCS1. The molecule has 1 aliphatic rings. The Morgan fingerprint density at radius 2 is 2.50 bits per heavy atom. The van der Waals surface area contributed by atoms with Crippen molar-refractivity contribution in [2.45, 2.75) is 37.4 Å². The Morgan fingerprint density at radius 3 is 3.10 bits per heavy atom. The molecule has 0 aliphatic carbocycles. The lowest BCUT2D eigenvalue weighted by atomic mass is 10.1. The van der Waals surface area contributed by atoms with E-state index in [2.05, 4.69) is 11.8 Å². The molecule has 0 radical (unpaired) electrons. The van der Waals surface area contributed by atoms with E-state index in [0.717, 1.165) is 24.4 Å². The first kappa shape index (κ1) is 8.12. The normalized spacial score (nSPS) is 25.0. The van der Waals surface area contributed by atoms with Gasteiger partial charge in [0.2, 0.25) is 0 Å². The van der Waals surface area contributed by atoms with Gasteiger partial charge in [-0.2, -0.15) is 11.8 Å². The zero-order chi connectivity index (χ0) is 7.23. The maximum Gasteiger partial charge on any atom is 0.119 e. The van der Waals surface area contributed by atoms with Crippen LogP contribution >= 0.6 is 11.8 Å². The Hall–Kier alpha value is 0.0200. The zero-order valence-electron chi connectivity index (χ0n) is 6.21. The van der Waals surface area contributed by atoms with E-state index >= 15 is 0 Å². The molecule has 2 heteroatoms. The van der Waals surface area contributed by atoms with Crippen LogP contribution in [0.15, 0.2) is 0 Å². The minimum atomic E-state index is 0.761. The third kappa shape index (κ3) is 2.74. The number of aldehydes is 1. The summed E-state index contributed by atoms with van der Waals surface area (Å²) in [6.07, 6.45) is 6.90. The molecular weight excluding hydrogens is 144 g/mol. The third-order valence-corrected chi connectivity index (χ3v) is 3.34. The highest BCUT2D eigenvalue weighted by molar-refractivity contribution is 8.00. The Labute approximate surface area is 66.6 Å². The fourth-order valence-corrected chi connectivity index (χ4v) is 2.63. The van der Waals surface area contributed by atoms with Gasteiger partial charge in [-0.15, -0.1) is 0 Å². The van der Waals surface area contributed by atoms with Gasteiger partial charge in [0.1, 0.15) is 6.29 Å². The van der Waals surface area contributed by atoms with Crippen LogP contribution in [-0.2, 0) is 4.79 Å². The Kier molecular flexibility index (Phi) is 3.88. The number of carbonyl (C=O) groups is 1. The standard InChI is InChI=1S/C8H14OS/c9-6-2-1-4-8-5-3-7-10-8/h6,8H,1-5,7H2. The summed E-state index contributed by atoms with van der Waals surface area (Å²) in [6, 6.07) is 0. The fourth-order valence-electron chi connectivity index (χ4n) is 1.30. The number of hydrogen-bond acceptors (Lipinski definition) is 2. The van der Waals surface area contributed by atoms with Gasteiger partial charge in [-0.05, 0) is 31.4 Å². The van der Waals surface area contributed by atoms with E-state index in [1.807, 2.05) is 0 Å². The molecule has 1 heterocycles. The van der Waals surface area contributed by atoms with Gasteiger partial charge in [-0.3, -0.25) is 0 Å². The van der Waals surface area contributed by atoms with Crippen LogP contribution in [0.2, 0.25) is 0 Å². The summed E-state index contributed by atoms with van der Waals surface area (Å²) in [4.78, 5) is 9.97.